The van der Waals surface area contributed by atoms with Gasteiger partial charge in [0.1, 0.15) is 11.2 Å². The van der Waals surface area contributed by atoms with Crippen molar-refractivity contribution < 1.29 is 4.42 Å². The van der Waals surface area contributed by atoms with Crippen molar-refractivity contribution in [1.82, 2.24) is 0 Å². The average Bonchev–Trinajstić information content (AvgIpc) is 3.85. The van der Waals surface area contributed by atoms with Gasteiger partial charge in [0.2, 0.25) is 0 Å². The summed E-state index contributed by atoms with van der Waals surface area (Å²) in [5.74, 6) is 0. The second kappa shape index (κ2) is 11.7. The Morgan fingerprint density at radius 2 is 1.05 bits per heavy atom. The van der Waals surface area contributed by atoms with Crippen LogP contribution in [0.5, 0.6) is 0 Å². The molecule has 1 aromatic heterocycles. The lowest BCUT2D eigenvalue weighted by atomic mass is 9.70. The zero-order valence-corrected chi connectivity index (χ0v) is 31.2. The molecule has 0 amide bonds. The molecule has 0 N–H and O–H groups in total. The first-order chi connectivity index (χ1) is 26.9. The Kier molecular flexibility index (Phi) is 6.76. The van der Waals surface area contributed by atoms with Crippen LogP contribution in [-0.2, 0) is 10.8 Å². The molecule has 8 aromatic carbocycles. The first-order valence-corrected chi connectivity index (χ1v) is 19.3. The number of furan rings is 1. The summed E-state index contributed by atoms with van der Waals surface area (Å²) in [5, 5.41) is 2.32. The summed E-state index contributed by atoms with van der Waals surface area (Å²) in [6.45, 7) is 6.82. The van der Waals surface area contributed by atoms with E-state index in [4.69, 9.17) is 4.42 Å². The maximum atomic E-state index is 6.75. The van der Waals surface area contributed by atoms with Gasteiger partial charge in [0.25, 0.3) is 0 Å². The van der Waals surface area contributed by atoms with E-state index in [1.54, 1.807) is 0 Å². The second-order valence-corrected chi connectivity index (χ2v) is 16.0. The van der Waals surface area contributed by atoms with Crippen molar-refractivity contribution in [2.24, 2.45) is 0 Å². The van der Waals surface area contributed by atoms with Crippen LogP contribution in [0.3, 0.4) is 0 Å². The summed E-state index contributed by atoms with van der Waals surface area (Å²) in [6, 6.07) is 66.9. The molecular formula is C53H39NO. The van der Waals surface area contributed by atoms with Crippen LogP contribution in [0, 0.1) is 0 Å². The van der Waals surface area contributed by atoms with Gasteiger partial charge in [-0.2, -0.15) is 0 Å². The highest BCUT2D eigenvalue weighted by molar-refractivity contribution is 6.13. The minimum Gasteiger partial charge on any atom is -0.455 e. The van der Waals surface area contributed by atoms with E-state index in [-0.39, 0.29) is 5.41 Å². The van der Waals surface area contributed by atoms with Crippen LogP contribution in [0.2, 0.25) is 0 Å². The SMILES string of the molecule is CC(C)(C)c1ccc(N(c2ccc3c(c2)-c2ccccc2C32c3ccccc3-c3c2ccc2c3oc3ccccc32)c2ccccc2-c2ccccc2)cc1. The molecule has 1 atom stereocenters. The third-order valence-corrected chi connectivity index (χ3v) is 12.1. The number of rotatable bonds is 4. The summed E-state index contributed by atoms with van der Waals surface area (Å²) in [5.41, 5.74) is 18.7. The molecule has 9 aromatic rings. The maximum absolute atomic E-state index is 6.75. The van der Waals surface area contributed by atoms with E-state index in [0.717, 1.165) is 39.0 Å². The molecule has 0 saturated carbocycles. The lowest BCUT2D eigenvalue weighted by Gasteiger charge is -2.32. The molecule has 1 heterocycles. The molecular weight excluding hydrogens is 667 g/mol. The van der Waals surface area contributed by atoms with Gasteiger partial charge in [-0.15, -0.1) is 0 Å². The topological polar surface area (TPSA) is 16.4 Å². The molecule has 1 unspecified atom stereocenters. The number of hydrogen-bond donors (Lipinski definition) is 0. The van der Waals surface area contributed by atoms with Crippen molar-refractivity contribution in [3.8, 4) is 33.4 Å². The summed E-state index contributed by atoms with van der Waals surface area (Å²) in [7, 11) is 0. The van der Waals surface area contributed by atoms with Crippen molar-refractivity contribution >= 4 is 39.0 Å². The van der Waals surface area contributed by atoms with Crippen LogP contribution in [-0.4, -0.2) is 0 Å². The fourth-order valence-corrected chi connectivity index (χ4v) is 9.60. The Hall–Kier alpha value is -6.64. The normalized spacial score (nSPS) is 15.3. The predicted molar refractivity (Wildman–Crippen MR) is 229 cm³/mol. The zero-order chi connectivity index (χ0) is 36.9. The summed E-state index contributed by atoms with van der Waals surface area (Å²) in [4.78, 5) is 2.44. The van der Waals surface area contributed by atoms with E-state index in [1.807, 2.05) is 0 Å². The Bertz CT molecular complexity index is 2960. The van der Waals surface area contributed by atoms with Crippen molar-refractivity contribution in [1.29, 1.82) is 0 Å². The van der Waals surface area contributed by atoms with Gasteiger partial charge in [-0.05, 0) is 91.9 Å². The van der Waals surface area contributed by atoms with Gasteiger partial charge >= 0.3 is 0 Å². The molecule has 0 saturated heterocycles. The van der Waals surface area contributed by atoms with Gasteiger partial charge in [0.15, 0.2) is 0 Å². The van der Waals surface area contributed by atoms with Crippen LogP contribution in [0.4, 0.5) is 17.1 Å². The number of anilines is 3. The third kappa shape index (κ3) is 4.49. The molecule has 11 rings (SSSR count). The van der Waals surface area contributed by atoms with Crippen molar-refractivity contribution in [3.05, 3.63) is 210 Å². The Balaban J connectivity index is 1.17. The standard InChI is InChI=1S/C53H39NO/c1-52(2,3)35-25-27-36(28-26-35)54(48-23-13-9-17-38(48)34-15-5-4-6-16-34)37-29-31-46-43(33-37)39-18-7-11-21-44(39)53(46)45-22-12-8-20-42(45)50-47(53)32-30-41-40-19-10-14-24-49(40)55-51(41)50/h4-33H,1-3H3. The highest BCUT2D eigenvalue weighted by Crippen LogP contribution is 2.64. The fraction of sp³-hybridized carbons (Fsp3) is 0.0943. The molecule has 1 spiro atoms. The van der Waals surface area contributed by atoms with Gasteiger partial charge in [0.05, 0.1) is 11.1 Å². The lowest BCUT2D eigenvalue weighted by Crippen LogP contribution is -2.25. The first-order valence-electron chi connectivity index (χ1n) is 19.3. The first kappa shape index (κ1) is 31.8. The van der Waals surface area contributed by atoms with Crippen molar-refractivity contribution in [3.63, 3.8) is 0 Å². The largest absolute Gasteiger partial charge is 0.455 e. The van der Waals surface area contributed by atoms with Crippen molar-refractivity contribution in [2.45, 2.75) is 31.6 Å². The van der Waals surface area contributed by atoms with Crippen LogP contribution in [0.1, 0.15) is 48.6 Å². The van der Waals surface area contributed by atoms with E-state index in [0.29, 0.717) is 0 Å². The number of para-hydroxylation sites is 2. The second-order valence-electron chi connectivity index (χ2n) is 16.0. The molecule has 0 fully saturated rings. The Morgan fingerprint density at radius 3 is 1.84 bits per heavy atom. The molecule has 2 heteroatoms. The van der Waals surface area contributed by atoms with Crippen LogP contribution < -0.4 is 4.90 Å². The number of nitrogens with zero attached hydrogens (tertiary/aromatic N) is 1. The smallest absolute Gasteiger partial charge is 0.143 e. The molecule has 2 aliphatic rings. The zero-order valence-electron chi connectivity index (χ0n) is 31.2. The van der Waals surface area contributed by atoms with E-state index >= 15 is 0 Å². The minimum absolute atomic E-state index is 0.0543. The van der Waals surface area contributed by atoms with E-state index in [1.165, 1.54) is 61.2 Å². The van der Waals surface area contributed by atoms with Gasteiger partial charge in [-0.25, -0.2) is 0 Å². The van der Waals surface area contributed by atoms with Crippen molar-refractivity contribution in [2.75, 3.05) is 4.90 Å². The summed E-state index contributed by atoms with van der Waals surface area (Å²) >= 11 is 0. The highest BCUT2D eigenvalue weighted by atomic mass is 16.3. The minimum atomic E-state index is -0.481. The molecule has 2 aliphatic carbocycles. The average molecular weight is 706 g/mol. The van der Waals surface area contributed by atoms with Crippen LogP contribution in [0.15, 0.2) is 186 Å². The summed E-state index contributed by atoms with van der Waals surface area (Å²) in [6.07, 6.45) is 0. The quantitative estimate of drug-likeness (QED) is 0.181. The molecule has 262 valence electrons. The molecule has 0 aliphatic heterocycles. The fourth-order valence-electron chi connectivity index (χ4n) is 9.60. The monoisotopic (exact) mass is 705 g/mol. The van der Waals surface area contributed by atoms with Gasteiger partial charge in [0, 0.05) is 33.3 Å². The van der Waals surface area contributed by atoms with E-state index in [2.05, 4.69) is 208 Å². The molecule has 2 nitrogen and oxygen atoms in total. The van der Waals surface area contributed by atoms with Gasteiger partial charge < -0.3 is 9.32 Å². The van der Waals surface area contributed by atoms with Gasteiger partial charge in [-0.3, -0.25) is 0 Å². The highest BCUT2D eigenvalue weighted by Gasteiger charge is 2.52. The molecule has 55 heavy (non-hydrogen) atoms. The predicted octanol–water partition coefficient (Wildman–Crippen LogP) is 14.4. The number of benzene rings is 8. The molecule has 0 bridgehead atoms. The molecule has 0 radical (unpaired) electrons. The van der Waals surface area contributed by atoms with Crippen LogP contribution in [0.25, 0.3) is 55.3 Å². The van der Waals surface area contributed by atoms with E-state index in [9.17, 15) is 0 Å². The summed E-state index contributed by atoms with van der Waals surface area (Å²) < 4.78 is 6.75. The number of fused-ring (bicyclic) bond motifs is 14. The maximum Gasteiger partial charge on any atom is 0.143 e. The van der Waals surface area contributed by atoms with E-state index < -0.39 is 5.41 Å². The van der Waals surface area contributed by atoms with Crippen LogP contribution >= 0.6 is 0 Å². The number of hydrogen-bond acceptors (Lipinski definition) is 2. The third-order valence-electron chi connectivity index (χ3n) is 12.1. The van der Waals surface area contributed by atoms with Gasteiger partial charge in [-0.1, -0.05) is 166 Å². The Labute approximate surface area is 322 Å². The lowest BCUT2D eigenvalue weighted by molar-refractivity contribution is 0.590. The Morgan fingerprint density at radius 1 is 0.455 bits per heavy atom.